The van der Waals surface area contributed by atoms with Gasteiger partial charge in [0.05, 0.1) is 35.5 Å². The van der Waals surface area contributed by atoms with Gasteiger partial charge in [0.1, 0.15) is 0 Å². The average molecular weight is 391 g/mol. The molecule has 1 aliphatic rings. The van der Waals surface area contributed by atoms with Gasteiger partial charge in [0.25, 0.3) is 5.56 Å². The van der Waals surface area contributed by atoms with Gasteiger partial charge in [-0.05, 0) is 38.0 Å². The molecule has 1 aliphatic carbocycles. The fourth-order valence-corrected chi connectivity index (χ4v) is 3.04. The Bertz CT molecular complexity index is 1040. The zero-order valence-electron chi connectivity index (χ0n) is 15.1. The van der Waals surface area contributed by atoms with Crippen LogP contribution >= 0.6 is 0 Å². The molecule has 0 amide bonds. The van der Waals surface area contributed by atoms with Gasteiger partial charge in [0, 0.05) is 17.7 Å². The highest BCUT2D eigenvalue weighted by Gasteiger charge is 2.26. The second-order valence-corrected chi connectivity index (χ2v) is 6.46. The molecule has 28 heavy (non-hydrogen) atoms. The number of hydrogen-bond donors (Lipinski definition) is 2. The van der Waals surface area contributed by atoms with Gasteiger partial charge in [-0.1, -0.05) is 0 Å². The lowest BCUT2D eigenvalue weighted by molar-refractivity contribution is -0.0516. The fraction of sp³-hybridized carbons (Fsp3) is 0.368. The summed E-state index contributed by atoms with van der Waals surface area (Å²) in [5.74, 6) is 0.223. The summed E-state index contributed by atoms with van der Waals surface area (Å²) < 4.78 is 41.3. The molecule has 1 aromatic carbocycles. The van der Waals surface area contributed by atoms with E-state index in [0.29, 0.717) is 34.3 Å². The van der Waals surface area contributed by atoms with Crippen LogP contribution in [0.3, 0.4) is 0 Å². The SMILES string of the molecule is CCOCc1c(-c2ccc(OC(F)F)c(OC3CC3)c2)[nH]c2cn[nH]c(=O)c12. The van der Waals surface area contributed by atoms with Crippen LogP contribution in [0, 0.1) is 0 Å². The summed E-state index contributed by atoms with van der Waals surface area (Å²) in [4.78, 5) is 15.5. The van der Waals surface area contributed by atoms with E-state index in [0.717, 1.165) is 12.8 Å². The summed E-state index contributed by atoms with van der Waals surface area (Å²) in [6, 6.07) is 4.72. The highest BCUT2D eigenvalue weighted by Crippen LogP contribution is 2.39. The molecule has 0 radical (unpaired) electrons. The number of aromatic amines is 2. The third-order valence-electron chi connectivity index (χ3n) is 4.44. The first-order valence-electron chi connectivity index (χ1n) is 8.98. The molecule has 0 aliphatic heterocycles. The number of alkyl halides is 2. The summed E-state index contributed by atoms with van der Waals surface area (Å²) in [6.07, 6.45) is 3.28. The third-order valence-corrected chi connectivity index (χ3v) is 4.44. The van der Waals surface area contributed by atoms with Crippen molar-refractivity contribution in [1.29, 1.82) is 0 Å². The molecule has 4 rings (SSSR count). The Morgan fingerprint density at radius 1 is 1.29 bits per heavy atom. The number of fused-ring (bicyclic) bond motifs is 1. The van der Waals surface area contributed by atoms with Gasteiger partial charge in [0.2, 0.25) is 0 Å². The summed E-state index contributed by atoms with van der Waals surface area (Å²) in [6.45, 7) is -0.392. The molecule has 2 aromatic heterocycles. The number of aromatic nitrogens is 3. The van der Waals surface area contributed by atoms with Crippen LogP contribution in [-0.2, 0) is 11.3 Å². The Hall–Kier alpha value is -2.94. The Balaban J connectivity index is 1.82. The van der Waals surface area contributed by atoms with Crippen LogP contribution in [0.2, 0.25) is 0 Å². The molecule has 1 fully saturated rings. The number of nitrogens with one attached hydrogen (secondary N) is 2. The molecule has 0 spiro atoms. The van der Waals surface area contributed by atoms with E-state index in [1.165, 1.54) is 12.3 Å². The molecule has 0 atom stereocenters. The number of hydrogen-bond acceptors (Lipinski definition) is 5. The average Bonchev–Trinajstić information content (AvgIpc) is 3.39. The Labute approximate surface area is 158 Å². The van der Waals surface area contributed by atoms with E-state index >= 15 is 0 Å². The zero-order valence-corrected chi connectivity index (χ0v) is 15.1. The van der Waals surface area contributed by atoms with Crippen molar-refractivity contribution in [2.24, 2.45) is 0 Å². The molecule has 0 unspecified atom stereocenters. The van der Waals surface area contributed by atoms with Gasteiger partial charge < -0.3 is 19.2 Å². The molecule has 1 saturated carbocycles. The number of benzene rings is 1. The molecular weight excluding hydrogens is 372 g/mol. The first kappa shape index (κ1) is 18.4. The number of H-pyrrole nitrogens is 2. The standard InChI is InChI=1S/C19H19F2N3O4/c1-2-26-9-12-16-13(8-22-24-18(16)25)23-17(12)10-3-6-14(28-19(20)21)15(7-10)27-11-4-5-11/h3,6-8,11,19,23H,2,4-5,9H2,1H3,(H,24,25). The first-order chi connectivity index (χ1) is 13.6. The van der Waals surface area contributed by atoms with E-state index < -0.39 is 6.61 Å². The van der Waals surface area contributed by atoms with Crippen LogP contribution in [0.15, 0.2) is 29.2 Å². The number of nitrogens with zero attached hydrogens (tertiary/aromatic N) is 1. The van der Waals surface area contributed by atoms with E-state index in [1.54, 1.807) is 12.1 Å². The van der Waals surface area contributed by atoms with Crippen LogP contribution in [0.1, 0.15) is 25.3 Å². The van der Waals surface area contributed by atoms with Crippen molar-refractivity contribution in [3.05, 3.63) is 40.3 Å². The lowest BCUT2D eigenvalue weighted by Gasteiger charge is -2.14. The molecule has 2 heterocycles. The normalized spacial score (nSPS) is 14.0. The van der Waals surface area contributed by atoms with Gasteiger partial charge in [-0.25, -0.2) is 5.10 Å². The highest BCUT2D eigenvalue weighted by atomic mass is 19.3. The molecule has 3 aromatic rings. The minimum atomic E-state index is -2.95. The first-order valence-corrected chi connectivity index (χ1v) is 8.98. The van der Waals surface area contributed by atoms with Crippen molar-refractivity contribution < 1.29 is 23.0 Å². The lowest BCUT2D eigenvalue weighted by atomic mass is 10.1. The van der Waals surface area contributed by atoms with Crippen LogP contribution in [-0.4, -0.2) is 34.5 Å². The van der Waals surface area contributed by atoms with E-state index in [4.69, 9.17) is 9.47 Å². The lowest BCUT2D eigenvalue weighted by Crippen LogP contribution is -2.08. The van der Waals surface area contributed by atoms with Crippen LogP contribution < -0.4 is 15.0 Å². The maximum absolute atomic E-state index is 12.7. The summed E-state index contributed by atoms with van der Waals surface area (Å²) in [5.41, 5.74) is 2.21. The smallest absolute Gasteiger partial charge is 0.387 e. The van der Waals surface area contributed by atoms with Gasteiger partial charge in [0.15, 0.2) is 11.5 Å². The van der Waals surface area contributed by atoms with Gasteiger partial charge in [-0.2, -0.15) is 13.9 Å². The Morgan fingerprint density at radius 2 is 2.11 bits per heavy atom. The minimum absolute atomic E-state index is 0.00734. The maximum Gasteiger partial charge on any atom is 0.387 e. The van der Waals surface area contributed by atoms with Crippen molar-refractivity contribution in [3.8, 4) is 22.8 Å². The molecule has 0 saturated heterocycles. The van der Waals surface area contributed by atoms with E-state index in [2.05, 4.69) is 19.9 Å². The van der Waals surface area contributed by atoms with Gasteiger partial charge >= 0.3 is 6.61 Å². The second-order valence-electron chi connectivity index (χ2n) is 6.46. The van der Waals surface area contributed by atoms with Crippen LogP contribution in [0.25, 0.3) is 22.2 Å². The molecular formula is C19H19F2N3O4. The largest absolute Gasteiger partial charge is 0.487 e. The van der Waals surface area contributed by atoms with Gasteiger partial charge in [-0.15, -0.1) is 0 Å². The van der Waals surface area contributed by atoms with E-state index in [1.807, 2.05) is 6.92 Å². The van der Waals surface area contributed by atoms with Crippen LogP contribution in [0.5, 0.6) is 11.5 Å². The highest BCUT2D eigenvalue weighted by molar-refractivity contribution is 5.89. The minimum Gasteiger partial charge on any atom is -0.487 e. The van der Waals surface area contributed by atoms with E-state index in [-0.39, 0.29) is 29.8 Å². The molecule has 7 nitrogen and oxygen atoms in total. The molecule has 148 valence electrons. The fourth-order valence-electron chi connectivity index (χ4n) is 3.04. The number of ether oxygens (including phenoxy) is 3. The van der Waals surface area contributed by atoms with Crippen molar-refractivity contribution in [2.45, 2.75) is 39.1 Å². The Kier molecular flexibility index (Phi) is 4.99. The third kappa shape index (κ3) is 3.70. The zero-order chi connectivity index (χ0) is 19.7. The van der Waals surface area contributed by atoms with Crippen molar-refractivity contribution in [1.82, 2.24) is 15.2 Å². The summed E-state index contributed by atoms with van der Waals surface area (Å²) in [7, 11) is 0. The Morgan fingerprint density at radius 3 is 2.82 bits per heavy atom. The van der Waals surface area contributed by atoms with E-state index in [9.17, 15) is 13.6 Å². The quantitative estimate of drug-likeness (QED) is 0.613. The van der Waals surface area contributed by atoms with Crippen LogP contribution in [0.4, 0.5) is 8.78 Å². The predicted octanol–water partition coefficient (Wildman–Crippen LogP) is 3.60. The van der Waals surface area contributed by atoms with Crippen molar-refractivity contribution in [3.63, 3.8) is 0 Å². The summed E-state index contributed by atoms with van der Waals surface area (Å²) >= 11 is 0. The van der Waals surface area contributed by atoms with Crippen molar-refractivity contribution >= 4 is 10.9 Å². The predicted molar refractivity (Wildman–Crippen MR) is 97.8 cm³/mol. The van der Waals surface area contributed by atoms with Crippen molar-refractivity contribution in [2.75, 3.05) is 6.61 Å². The second kappa shape index (κ2) is 7.59. The summed E-state index contributed by atoms with van der Waals surface area (Å²) in [5, 5.41) is 6.69. The topological polar surface area (TPSA) is 89.2 Å². The maximum atomic E-state index is 12.7. The monoisotopic (exact) mass is 391 g/mol. The van der Waals surface area contributed by atoms with Gasteiger partial charge in [-0.3, -0.25) is 4.79 Å². The molecule has 2 N–H and O–H groups in total. The number of rotatable bonds is 8. The number of halogens is 2. The molecule has 9 heteroatoms. The molecule has 0 bridgehead atoms.